The zero-order valence-electron chi connectivity index (χ0n) is 19.6. The second kappa shape index (κ2) is 31.1. The molecule has 0 aromatic heterocycles. The molecule has 0 aliphatic heterocycles. The number of hydrogen-bond donors (Lipinski definition) is 2. The van der Waals surface area contributed by atoms with Crippen molar-refractivity contribution in [2.45, 2.75) is 117 Å². The van der Waals surface area contributed by atoms with Gasteiger partial charge in [-0.1, -0.05) is 103 Å². The summed E-state index contributed by atoms with van der Waals surface area (Å²) >= 11 is 0. The summed E-state index contributed by atoms with van der Waals surface area (Å²) in [6.45, 7) is 4.11. The smallest absolute Gasteiger partial charge is 1.00 e. The van der Waals surface area contributed by atoms with Crippen LogP contribution in [0.4, 0.5) is 0 Å². The molecular weight excluding hydrogens is 351 g/mol. The minimum Gasteiger partial charge on any atom is -1.00 e. The monoisotopic (exact) mass is 398 g/mol. The third-order valence-electron chi connectivity index (χ3n) is 4.40. The van der Waals surface area contributed by atoms with Gasteiger partial charge in [-0.2, -0.15) is 0 Å². The number of esters is 1. The number of rotatable bonds is 18. The molecule has 2 N–H and O–H groups in total. The van der Waals surface area contributed by atoms with Gasteiger partial charge in [0, 0.05) is 6.92 Å². The van der Waals surface area contributed by atoms with Crippen molar-refractivity contribution in [3.05, 3.63) is 0 Å². The van der Waals surface area contributed by atoms with Crippen molar-refractivity contribution in [3.8, 4) is 0 Å². The normalized spacial score (nSPS) is 9.93. The fraction of sp³-hybridized carbons (Fsp3) is 0.955. The Bertz CT molecular complexity index is 267. The molecule has 0 aliphatic carbocycles. The molecule has 4 nitrogen and oxygen atoms in total. The molecule has 0 saturated carbocycles. The Balaban J connectivity index is -0.000000435. The van der Waals surface area contributed by atoms with Crippen molar-refractivity contribution >= 4 is 5.97 Å². The van der Waals surface area contributed by atoms with Crippen LogP contribution in [-0.4, -0.2) is 36.0 Å². The summed E-state index contributed by atoms with van der Waals surface area (Å²) in [5, 5.41) is 15.2. The molecule has 5 heteroatoms. The van der Waals surface area contributed by atoms with E-state index in [1.807, 2.05) is 0 Å². The summed E-state index contributed by atoms with van der Waals surface area (Å²) in [7, 11) is 0. The standard InChI is InChI=1S/C20H40O2.C2H6O2.Na.H/c1-3-4-5-6-7-8-9-10-11-12-13-14-15-16-17-18-19-22-20(2)21;3-1-2-4;;/h3-19H2,1-2H3;3-4H,1-2H2;;/q;;+1;-1. The average molecular weight is 399 g/mol. The van der Waals surface area contributed by atoms with Crippen LogP contribution in [0.3, 0.4) is 0 Å². The zero-order valence-corrected chi connectivity index (χ0v) is 20.6. The minimum absolute atomic E-state index is 0. The largest absolute Gasteiger partial charge is 1.00 e. The van der Waals surface area contributed by atoms with E-state index < -0.39 is 0 Å². The number of ether oxygens (including phenoxy) is 1. The summed E-state index contributed by atoms with van der Waals surface area (Å²) in [6.07, 6.45) is 22.0. The molecule has 0 aromatic carbocycles. The Morgan fingerprint density at radius 3 is 1.22 bits per heavy atom. The van der Waals surface area contributed by atoms with Crippen molar-refractivity contribution in [1.29, 1.82) is 0 Å². The van der Waals surface area contributed by atoms with Crippen LogP contribution in [0.1, 0.15) is 118 Å². The van der Waals surface area contributed by atoms with E-state index in [1.165, 1.54) is 103 Å². The molecule has 0 radical (unpaired) electrons. The Kier molecular flexibility index (Phi) is 36.9. The topological polar surface area (TPSA) is 66.8 Å². The third kappa shape index (κ3) is 37.8. The SMILES string of the molecule is CCCCCCCCCCCCCCCCCCOC(C)=O.OCCO.[H-].[Na+]. The van der Waals surface area contributed by atoms with Crippen LogP contribution >= 0.6 is 0 Å². The van der Waals surface area contributed by atoms with Gasteiger partial charge in [-0.05, 0) is 6.42 Å². The number of carbonyl (C=O) groups excluding carboxylic acids is 1. The number of aliphatic hydroxyl groups is 2. The number of unbranched alkanes of at least 4 members (excludes halogenated alkanes) is 15. The predicted octanol–water partition coefficient (Wildman–Crippen LogP) is 2.90. The maximum atomic E-state index is 10.6. The first-order chi connectivity index (χ1) is 12.7. The molecule has 0 atom stereocenters. The average Bonchev–Trinajstić information content (AvgIpc) is 2.64. The van der Waals surface area contributed by atoms with Gasteiger partial charge in [-0.15, -0.1) is 0 Å². The molecule has 0 unspecified atom stereocenters. The van der Waals surface area contributed by atoms with Crippen molar-refractivity contribution in [2.24, 2.45) is 0 Å². The fourth-order valence-electron chi connectivity index (χ4n) is 2.87. The molecule has 0 aromatic rings. The van der Waals surface area contributed by atoms with Gasteiger partial charge in [0.05, 0.1) is 19.8 Å². The van der Waals surface area contributed by atoms with Crippen molar-refractivity contribution in [1.82, 2.24) is 0 Å². The number of hydrogen-bond acceptors (Lipinski definition) is 4. The maximum Gasteiger partial charge on any atom is 1.00 e. The quantitative estimate of drug-likeness (QED) is 0.212. The minimum atomic E-state index is -0.152. The van der Waals surface area contributed by atoms with Crippen LogP contribution < -0.4 is 29.6 Å². The van der Waals surface area contributed by atoms with Crippen molar-refractivity contribution in [3.63, 3.8) is 0 Å². The second-order valence-corrected chi connectivity index (χ2v) is 7.09. The molecule has 0 spiro atoms. The van der Waals surface area contributed by atoms with E-state index in [2.05, 4.69) is 6.92 Å². The van der Waals surface area contributed by atoms with Gasteiger partial charge in [-0.3, -0.25) is 4.79 Å². The molecule has 0 bridgehead atoms. The summed E-state index contributed by atoms with van der Waals surface area (Å²) in [5.74, 6) is -0.152. The van der Waals surface area contributed by atoms with Crippen LogP contribution in [0.2, 0.25) is 0 Å². The Hall–Kier alpha value is 0.390. The first-order valence-electron chi connectivity index (χ1n) is 11.0. The van der Waals surface area contributed by atoms with E-state index in [1.54, 1.807) is 0 Å². The fourth-order valence-corrected chi connectivity index (χ4v) is 2.87. The third-order valence-corrected chi connectivity index (χ3v) is 4.40. The Morgan fingerprint density at radius 1 is 0.667 bits per heavy atom. The first-order valence-corrected chi connectivity index (χ1v) is 11.0. The number of aliphatic hydroxyl groups excluding tert-OH is 2. The molecular formula is C22H47NaO4. The van der Waals surface area contributed by atoms with Gasteiger partial charge in [0.1, 0.15) is 0 Å². The first kappa shape index (κ1) is 32.1. The molecule has 160 valence electrons. The van der Waals surface area contributed by atoms with E-state index in [0.717, 1.165) is 6.42 Å². The van der Waals surface area contributed by atoms with Gasteiger partial charge in [0.25, 0.3) is 0 Å². The molecule has 0 heterocycles. The van der Waals surface area contributed by atoms with Gasteiger partial charge < -0.3 is 16.4 Å². The van der Waals surface area contributed by atoms with Gasteiger partial charge >= 0.3 is 35.5 Å². The molecule has 0 amide bonds. The summed E-state index contributed by atoms with van der Waals surface area (Å²) < 4.78 is 4.92. The van der Waals surface area contributed by atoms with Crippen LogP contribution in [-0.2, 0) is 9.53 Å². The second-order valence-electron chi connectivity index (χ2n) is 7.09. The van der Waals surface area contributed by atoms with Crippen LogP contribution in [0.5, 0.6) is 0 Å². The van der Waals surface area contributed by atoms with Crippen LogP contribution in [0.15, 0.2) is 0 Å². The number of carbonyl (C=O) groups is 1. The van der Waals surface area contributed by atoms with E-state index in [4.69, 9.17) is 14.9 Å². The van der Waals surface area contributed by atoms with Crippen LogP contribution in [0.25, 0.3) is 0 Å². The van der Waals surface area contributed by atoms with Crippen molar-refractivity contribution in [2.75, 3.05) is 19.8 Å². The summed E-state index contributed by atoms with van der Waals surface area (Å²) in [5.41, 5.74) is 0. The molecule has 0 aliphatic rings. The van der Waals surface area contributed by atoms with Gasteiger partial charge in [0.2, 0.25) is 0 Å². The molecule has 0 fully saturated rings. The zero-order chi connectivity index (χ0) is 19.7. The maximum absolute atomic E-state index is 10.6. The van der Waals surface area contributed by atoms with Crippen LogP contribution in [0, 0.1) is 0 Å². The van der Waals surface area contributed by atoms with Gasteiger partial charge in [-0.25, -0.2) is 0 Å². The van der Waals surface area contributed by atoms with E-state index in [-0.39, 0.29) is 50.2 Å². The molecule has 0 rings (SSSR count). The van der Waals surface area contributed by atoms with E-state index in [9.17, 15) is 4.79 Å². The molecule has 27 heavy (non-hydrogen) atoms. The Labute approximate surface area is 192 Å². The van der Waals surface area contributed by atoms with Gasteiger partial charge in [0.15, 0.2) is 0 Å². The molecule has 0 saturated heterocycles. The van der Waals surface area contributed by atoms with Crippen molar-refractivity contribution < 1.29 is 50.7 Å². The van der Waals surface area contributed by atoms with E-state index >= 15 is 0 Å². The predicted molar refractivity (Wildman–Crippen MR) is 111 cm³/mol. The summed E-state index contributed by atoms with van der Waals surface area (Å²) in [6, 6.07) is 0. The Morgan fingerprint density at radius 2 is 0.963 bits per heavy atom. The summed E-state index contributed by atoms with van der Waals surface area (Å²) in [4.78, 5) is 10.6. The van der Waals surface area contributed by atoms with E-state index in [0.29, 0.717) is 6.61 Å².